The van der Waals surface area contributed by atoms with Gasteiger partial charge in [0.1, 0.15) is 11.5 Å². The predicted octanol–water partition coefficient (Wildman–Crippen LogP) is 1.92. The standard InChI is InChI=1S/C13H12O4/c1-7(2)17-11-6-10(15)13(16)8-4-3-5-9(14)12(8)11/h3-7,14H,1-2H3. The summed E-state index contributed by atoms with van der Waals surface area (Å²) in [6.07, 6.45) is 0.986. The van der Waals surface area contributed by atoms with E-state index in [0.717, 1.165) is 6.08 Å². The molecule has 0 unspecified atom stereocenters. The molecular weight excluding hydrogens is 220 g/mol. The Morgan fingerprint density at radius 3 is 2.59 bits per heavy atom. The van der Waals surface area contributed by atoms with Gasteiger partial charge in [-0.05, 0) is 26.0 Å². The van der Waals surface area contributed by atoms with Crippen molar-refractivity contribution in [1.29, 1.82) is 0 Å². The van der Waals surface area contributed by atoms with Gasteiger partial charge in [-0.15, -0.1) is 0 Å². The quantitative estimate of drug-likeness (QED) is 0.791. The molecule has 0 heterocycles. The smallest absolute Gasteiger partial charge is 0.233 e. The molecule has 88 valence electrons. The highest BCUT2D eigenvalue weighted by Gasteiger charge is 2.29. The van der Waals surface area contributed by atoms with Crippen LogP contribution >= 0.6 is 0 Å². The normalized spacial score (nSPS) is 14.6. The summed E-state index contributed by atoms with van der Waals surface area (Å²) >= 11 is 0. The fraction of sp³-hybridized carbons (Fsp3) is 0.231. The van der Waals surface area contributed by atoms with E-state index in [9.17, 15) is 14.7 Å². The lowest BCUT2D eigenvalue weighted by Crippen LogP contribution is -2.20. The number of allylic oxidation sites excluding steroid dienone is 1. The number of phenols is 1. The maximum atomic E-state index is 11.6. The van der Waals surface area contributed by atoms with E-state index in [2.05, 4.69) is 0 Å². The van der Waals surface area contributed by atoms with Crippen molar-refractivity contribution in [2.45, 2.75) is 20.0 Å². The van der Waals surface area contributed by atoms with Crippen molar-refractivity contribution in [2.75, 3.05) is 0 Å². The Labute approximate surface area is 98.5 Å². The van der Waals surface area contributed by atoms with Crippen molar-refractivity contribution in [2.24, 2.45) is 0 Å². The highest BCUT2D eigenvalue weighted by atomic mass is 16.5. The molecule has 17 heavy (non-hydrogen) atoms. The van der Waals surface area contributed by atoms with E-state index < -0.39 is 11.6 Å². The Hall–Kier alpha value is -2.10. The monoisotopic (exact) mass is 232 g/mol. The molecule has 1 aromatic rings. The summed E-state index contributed by atoms with van der Waals surface area (Å²) in [6.45, 7) is 3.61. The van der Waals surface area contributed by atoms with Crippen molar-refractivity contribution < 1.29 is 19.4 Å². The summed E-state index contributed by atoms with van der Waals surface area (Å²) < 4.78 is 5.45. The molecule has 1 N–H and O–H groups in total. The van der Waals surface area contributed by atoms with Gasteiger partial charge in [0.25, 0.3) is 0 Å². The minimum absolute atomic E-state index is 0.0600. The maximum Gasteiger partial charge on any atom is 0.233 e. The first kappa shape index (κ1) is 11.4. The van der Waals surface area contributed by atoms with Crippen LogP contribution in [0.5, 0.6) is 5.75 Å². The lowest BCUT2D eigenvalue weighted by Gasteiger charge is -2.19. The molecule has 1 aromatic carbocycles. The minimum Gasteiger partial charge on any atom is -0.507 e. The number of ether oxygens (including phenoxy) is 1. The van der Waals surface area contributed by atoms with E-state index >= 15 is 0 Å². The van der Waals surface area contributed by atoms with Crippen LogP contribution in [-0.4, -0.2) is 22.8 Å². The lowest BCUT2D eigenvalue weighted by molar-refractivity contribution is -0.111. The van der Waals surface area contributed by atoms with Crippen molar-refractivity contribution in [3.8, 4) is 5.75 Å². The van der Waals surface area contributed by atoms with E-state index in [0.29, 0.717) is 5.56 Å². The molecule has 0 radical (unpaired) electrons. The second kappa shape index (κ2) is 4.05. The second-order valence-electron chi connectivity index (χ2n) is 4.07. The number of aromatic hydroxyl groups is 1. The van der Waals surface area contributed by atoms with Crippen LogP contribution < -0.4 is 0 Å². The number of Topliss-reactive ketones (excluding diaryl/α,β-unsaturated/α-hetero) is 1. The molecule has 4 heteroatoms. The molecule has 0 atom stereocenters. The van der Waals surface area contributed by atoms with E-state index in [1.165, 1.54) is 18.2 Å². The van der Waals surface area contributed by atoms with Crippen LogP contribution in [-0.2, 0) is 9.53 Å². The Bertz CT molecular complexity index is 526. The molecule has 0 aliphatic heterocycles. The first-order chi connectivity index (χ1) is 8.00. The first-order valence-electron chi connectivity index (χ1n) is 5.30. The van der Waals surface area contributed by atoms with Gasteiger partial charge >= 0.3 is 0 Å². The molecule has 0 fully saturated rings. The number of carbonyl (C=O) groups excluding carboxylic acids is 2. The topological polar surface area (TPSA) is 63.6 Å². The van der Waals surface area contributed by atoms with Crippen molar-refractivity contribution in [3.63, 3.8) is 0 Å². The van der Waals surface area contributed by atoms with Crippen LogP contribution in [0.1, 0.15) is 29.8 Å². The zero-order valence-electron chi connectivity index (χ0n) is 9.56. The Balaban J connectivity index is 2.60. The summed E-state index contributed by atoms with van der Waals surface area (Å²) in [4.78, 5) is 23.1. The molecule has 0 spiro atoms. The Morgan fingerprint density at radius 2 is 1.94 bits per heavy atom. The molecule has 0 aromatic heterocycles. The third kappa shape index (κ3) is 1.93. The first-order valence-corrected chi connectivity index (χ1v) is 5.30. The highest BCUT2D eigenvalue weighted by Crippen LogP contribution is 2.33. The van der Waals surface area contributed by atoms with Crippen molar-refractivity contribution in [3.05, 3.63) is 35.4 Å². The molecule has 0 saturated heterocycles. The minimum atomic E-state index is -0.626. The van der Waals surface area contributed by atoms with Gasteiger partial charge in [0.15, 0.2) is 0 Å². The number of carbonyl (C=O) groups is 2. The third-order valence-electron chi connectivity index (χ3n) is 2.38. The number of rotatable bonds is 2. The zero-order chi connectivity index (χ0) is 12.6. The van der Waals surface area contributed by atoms with E-state index in [4.69, 9.17) is 4.74 Å². The van der Waals surface area contributed by atoms with E-state index in [1.54, 1.807) is 13.8 Å². The van der Waals surface area contributed by atoms with Crippen LogP contribution in [0.15, 0.2) is 24.3 Å². The molecular formula is C13H12O4. The number of ketones is 2. The molecule has 0 amide bonds. The number of benzene rings is 1. The number of hydrogen-bond donors (Lipinski definition) is 1. The number of fused-ring (bicyclic) bond motifs is 1. The molecule has 0 saturated carbocycles. The molecule has 2 rings (SSSR count). The fourth-order valence-electron chi connectivity index (χ4n) is 1.72. The van der Waals surface area contributed by atoms with Crippen LogP contribution in [0, 0.1) is 0 Å². The highest BCUT2D eigenvalue weighted by molar-refractivity contribution is 6.50. The average Bonchev–Trinajstić information content (AvgIpc) is 2.24. The molecule has 1 aliphatic rings. The van der Waals surface area contributed by atoms with Gasteiger partial charge in [0, 0.05) is 11.6 Å². The largest absolute Gasteiger partial charge is 0.507 e. The Morgan fingerprint density at radius 1 is 1.24 bits per heavy atom. The fourth-order valence-corrected chi connectivity index (χ4v) is 1.72. The van der Waals surface area contributed by atoms with Gasteiger partial charge in [-0.25, -0.2) is 0 Å². The summed E-state index contributed by atoms with van der Waals surface area (Å²) in [6, 6.07) is 4.49. The molecule has 0 bridgehead atoms. The van der Waals surface area contributed by atoms with Gasteiger partial charge in [-0.3, -0.25) is 9.59 Å². The van der Waals surface area contributed by atoms with Crippen LogP contribution in [0.25, 0.3) is 5.76 Å². The van der Waals surface area contributed by atoms with Crippen LogP contribution in [0.2, 0.25) is 0 Å². The SMILES string of the molecule is CC(C)OC1=CC(=O)C(=O)c2cccc(O)c21. The van der Waals surface area contributed by atoms with Crippen LogP contribution in [0.4, 0.5) is 0 Å². The average molecular weight is 232 g/mol. The van der Waals surface area contributed by atoms with Gasteiger partial charge < -0.3 is 9.84 Å². The van der Waals surface area contributed by atoms with E-state index in [1.807, 2.05) is 0 Å². The van der Waals surface area contributed by atoms with Crippen molar-refractivity contribution >= 4 is 17.3 Å². The van der Waals surface area contributed by atoms with Gasteiger partial charge in [0.05, 0.1) is 11.7 Å². The van der Waals surface area contributed by atoms with Crippen molar-refractivity contribution in [1.82, 2.24) is 0 Å². The van der Waals surface area contributed by atoms with Gasteiger partial charge in [-0.1, -0.05) is 6.07 Å². The van der Waals surface area contributed by atoms with Crippen LogP contribution in [0.3, 0.4) is 0 Å². The number of hydrogen-bond acceptors (Lipinski definition) is 4. The third-order valence-corrected chi connectivity index (χ3v) is 2.38. The lowest BCUT2D eigenvalue weighted by atomic mass is 9.93. The summed E-state index contributed by atoms with van der Waals surface area (Å²) in [5.41, 5.74) is 0.485. The summed E-state index contributed by atoms with van der Waals surface area (Å²) in [5.74, 6) is -1.06. The predicted molar refractivity (Wildman–Crippen MR) is 61.6 cm³/mol. The summed E-state index contributed by atoms with van der Waals surface area (Å²) in [5, 5.41) is 9.76. The molecule has 1 aliphatic carbocycles. The molecule has 4 nitrogen and oxygen atoms in total. The second-order valence-corrected chi connectivity index (χ2v) is 4.07. The number of phenolic OH excluding ortho intramolecular Hbond substituents is 1. The maximum absolute atomic E-state index is 11.6. The van der Waals surface area contributed by atoms with E-state index in [-0.39, 0.29) is 23.2 Å². The van der Waals surface area contributed by atoms with Gasteiger partial charge in [0.2, 0.25) is 11.6 Å². The Kier molecular flexibility index (Phi) is 2.71. The summed E-state index contributed by atoms with van der Waals surface area (Å²) in [7, 11) is 0. The van der Waals surface area contributed by atoms with Gasteiger partial charge in [-0.2, -0.15) is 0 Å². The zero-order valence-corrected chi connectivity index (χ0v) is 9.56.